The molecule has 0 bridgehead atoms. The minimum atomic E-state index is 0.417. The van der Waals surface area contributed by atoms with E-state index in [1.54, 1.807) is 0 Å². The van der Waals surface area contributed by atoms with Crippen LogP contribution in [0.25, 0.3) is 0 Å². The van der Waals surface area contributed by atoms with Crippen LogP contribution in [0, 0.1) is 5.41 Å². The molecule has 0 amide bonds. The summed E-state index contributed by atoms with van der Waals surface area (Å²) in [6.07, 6.45) is 3.98. The van der Waals surface area contributed by atoms with E-state index < -0.39 is 0 Å². The van der Waals surface area contributed by atoms with Crippen molar-refractivity contribution in [2.45, 2.75) is 32.2 Å². The molecule has 0 saturated heterocycles. The van der Waals surface area contributed by atoms with Crippen LogP contribution in [0.15, 0.2) is 17.5 Å². The van der Waals surface area contributed by atoms with E-state index in [0.717, 1.165) is 13.1 Å². The molecule has 1 fully saturated rings. The molecule has 90 valence electrons. The highest BCUT2D eigenvalue weighted by Gasteiger charge is 2.37. The van der Waals surface area contributed by atoms with Gasteiger partial charge in [0, 0.05) is 17.5 Å². The van der Waals surface area contributed by atoms with Crippen molar-refractivity contribution in [2.24, 2.45) is 11.1 Å². The van der Waals surface area contributed by atoms with E-state index in [9.17, 15) is 0 Å². The molecule has 0 aliphatic heterocycles. The van der Waals surface area contributed by atoms with Crippen molar-refractivity contribution in [3.63, 3.8) is 0 Å². The molecule has 1 aromatic rings. The molecule has 1 aliphatic carbocycles. The molecular formula is C13H22N2S. The molecule has 2 rings (SSSR count). The lowest BCUT2D eigenvalue weighted by molar-refractivity contribution is 0.0711. The smallest absolute Gasteiger partial charge is 0.0410 e. The molecule has 0 spiro atoms. The number of nitrogens with zero attached hydrogens (tertiary/aromatic N) is 1. The first-order valence-electron chi connectivity index (χ1n) is 6.11. The van der Waals surface area contributed by atoms with Crippen LogP contribution in [-0.4, -0.2) is 25.0 Å². The number of hydrogen-bond donors (Lipinski definition) is 1. The number of thiophene rings is 1. The van der Waals surface area contributed by atoms with E-state index in [1.165, 1.54) is 24.1 Å². The summed E-state index contributed by atoms with van der Waals surface area (Å²) in [5.41, 5.74) is 6.33. The second kappa shape index (κ2) is 4.86. The van der Waals surface area contributed by atoms with Crippen LogP contribution in [0.5, 0.6) is 0 Å². The molecule has 1 atom stereocenters. The summed E-state index contributed by atoms with van der Waals surface area (Å²) in [6, 6.07) is 4.87. The van der Waals surface area contributed by atoms with Gasteiger partial charge in [0.05, 0.1) is 0 Å². The van der Waals surface area contributed by atoms with Gasteiger partial charge in [-0.3, -0.25) is 4.90 Å². The zero-order chi connectivity index (χ0) is 11.6. The summed E-state index contributed by atoms with van der Waals surface area (Å²) in [6.45, 7) is 4.27. The van der Waals surface area contributed by atoms with E-state index in [1.807, 2.05) is 11.3 Å². The molecule has 1 aromatic heterocycles. The molecule has 1 saturated carbocycles. The van der Waals surface area contributed by atoms with Gasteiger partial charge < -0.3 is 5.73 Å². The predicted octanol–water partition coefficient (Wildman–Crippen LogP) is 2.87. The van der Waals surface area contributed by atoms with Crippen molar-refractivity contribution in [2.75, 3.05) is 20.1 Å². The van der Waals surface area contributed by atoms with E-state index in [4.69, 9.17) is 5.73 Å². The molecule has 2 nitrogen and oxygen atoms in total. The minimum absolute atomic E-state index is 0.417. The van der Waals surface area contributed by atoms with Crippen LogP contribution < -0.4 is 5.73 Å². The van der Waals surface area contributed by atoms with Crippen LogP contribution in [-0.2, 0) is 0 Å². The van der Waals surface area contributed by atoms with Crippen LogP contribution in [0.4, 0.5) is 0 Å². The van der Waals surface area contributed by atoms with Gasteiger partial charge >= 0.3 is 0 Å². The van der Waals surface area contributed by atoms with Crippen LogP contribution in [0.2, 0.25) is 0 Å². The third-order valence-corrected chi connectivity index (χ3v) is 5.09. The molecule has 1 heterocycles. The molecule has 1 aliphatic rings. The summed E-state index contributed by atoms with van der Waals surface area (Å²) in [4.78, 5) is 3.91. The Balaban J connectivity index is 1.95. The summed E-state index contributed by atoms with van der Waals surface area (Å²) in [5, 5.41) is 2.15. The monoisotopic (exact) mass is 238 g/mol. The first-order chi connectivity index (χ1) is 7.67. The van der Waals surface area contributed by atoms with Gasteiger partial charge in [0.25, 0.3) is 0 Å². The van der Waals surface area contributed by atoms with Crippen molar-refractivity contribution in [3.8, 4) is 0 Å². The predicted molar refractivity (Wildman–Crippen MR) is 70.7 cm³/mol. The maximum Gasteiger partial charge on any atom is 0.0410 e. The zero-order valence-corrected chi connectivity index (χ0v) is 11.1. The lowest BCUT2D eigenvalue weighted by Crippen LogP contribution is -2.46. The fourth-order valence-electron chi connectivity index (χ4n) is 2.52. The lowest BCUT2D eigenvalue weighted by Gasteiger charge is -2.44. The second-order valence-electron chi connectivity index (χ2n) is 5.16. The Hall–Kier alpha value is -0.380. The largest absolute Gasteiger partial charge is 0.330 e. The molecule has 0 aromatic carbocycles. The average Bonchev–Trinajstić information content (AvgIpc) is 2.75. The normalized spacial score (nSPS) is 20.8. The quantitative estimate of drug-likeness (QED) is 0.854. The SMILES string of the molecule is CC(c1cccs1)N(C)CC1(CN)CCC1. The Morgan fingerprint density at radius 1 is 1.56 bits per heavy atom. The Morgan fingerprint density at radius 2 is 2.31 bits per heavy atom. The zero-order valence-electron chi connectivity index (χ0n) is 10.3. The second-order valence-corrected chi connectivity index (χ2v) is 6.14. The van der Waals surface area contributed by atoms with Crippen LogP contribution in [0.1, 0.15) is 37.1 Å². The third kappa shape index (κ3) is 2.31. The van der Waals surface area contributed by atoms with Crippen molar-refractivity contribution in [1.29, 1.82) is 0 Å². The number of rotatable bonds is 5. The van der Waals surface area contributed by atoms with E-state index in [-0.39, 0.29) is 0 Å². The maximum atomic E-state index is 5.91. The number of hydrogen-bond acceptors (Lipinski definition) is 3. The minimum Gasteiger partial charge on any atom is -0.330 e. The van der Waals surface area contributed by atoms with Crippen molar-refractivity contribution in [3.05, 3.63) is 22.4 Å². The summed E-state index contributed by atoms with van der Waals surface area (Å²) >= 11 is 1.85. The van der Waals surface area contributed by atoms with Gasteiger partial charge in [0.1, 0.15) is 0 Å². The standard InChI is InChI=1S/C13H22N2S/c1-11(12-5-3-8-16-12)15(2)10-13(9-14)6-4-7-13/h3,5,8,11H,4,6-7,9-10,14H2,1-2H3. The Kier molecular flexibility index (Phi) is 3.67. The average molecular weight is 238 g/mol. The number of nitrogens with two attached hydrogens (primary N) is 1. The summed E-state index contributed by atoms with van der Waals surface area (Å²) in [7, 11) is 2.22. The van der Waals surface area contributed by atoms with Gasteiger partial charge in [0.15, 0.2) is 0 Å². The molecule has 2 N–H and O–H groups in total. The fourth-order valence-corrected chi connectivity index (χ4v) is 3.36. The van der Waals surface area contributed by atoms with E-state index in [0.29, 0.717) is 11.5 Å². The topological polar surface area (TPSA) is 29.3 Å². The van der Waals surface area contributed by atoms with Crippen LogP contribution in [0.3, 0.4) is 0 Å². The van der Waals surface area contributed by atoms with Gasteiger partial charge in [-0.25, -0.2) is 0 Å². The first kappa shape index (κ1) is 12.1. The van der Waals surface area contributed by atoms with Crippen molar-refractivity contribution >= 4 is 11.3 Å². The van der Waals surface area contributed by atoms with Crippen LogP contribution >= 0.6 is 11.3 Å². The third-order valence-electron chi connectivity index (χ3n) is 4.05. The van der Waals surface area contributed by atoms with Gasteiger partial charge in [-0.05, 0) is 50.2 Å². The Labute approximate surface area is 102 Å². The van der Waals surface area contributed by atoms with Gasteiger partial charge in [0.2, 0.25) is 0 Å². The van der Waals surface area contributed by atoms with Gasteiger partial charge in [-0.1, -0.05) is 12.5 Å². The molecule has 3 heteroatoms. The van der Waals surface area contributed by atoms with Crippen molar-refractivity contribution < 1.29 is 0 Å². The van der Waals surface area contributed by atoms with Gasteiger partial charge in [-0.2, -0.15) is 0 Å². The molecular weight excluding hydrogens is 216 g/mol. The van der Waals surface area contributed by atoms with E-state index in [2.05, 4.69) is 36.4 Å². The highest BCUT2D eigenvalue weighted by molar-refractivity contribution is 7.10. The highest BCUT2D eigenvalue weighted by atomic mass is 32.1. The lowest BCUT2D eigenvalue weighted by atomic mass is 9.68. The molecule has 0 radical (unpaired) electrons. The Morgan fingerprint density at radius 3 is 2.75 bits per heavy atom. The van der Waals surface area contributed by atoms with Gasteiger partial charge in [-0.15, -0.1) is 11.3 Å². The first-order valence-corrected chi connectivity index (χ1v) is 6.98. The highest BCUT2D eigenvalue weighted by Crippen LogP contribution is 2.41. The van der Waals surface area contributed by atoms with E-state index >= 15 is 0 Å². The maximum absolute atomic E-state index is 5.91. The summed E-state index contributed by atoms with van der Waals surface area (Å²) < 4.78 is 0. The molecule has 16 heavy (non-hydrogen) atoms. The fraction of sp³-hybridized carbons (Fsp3) is 0.692. The van der Waals surface area contributed by atoms with Crippen molar-refractivity contribution in [1.82, 2.24) is 4.90 Å². The Bertz CT molecular complexity index is 311. The summed E-state index contributed by atoms with van der Waals surface area (Å²) in [5.74, 6) is 0. The molecule has 1 unspecified atom stereocenters.